The normalized spacial score (nSPS) is 12.5. The van der Waals surface area contributed by atoms with Crippen molar-refractivity contribution >= 4 is 17.1 Å². The van der Waals surface area contributed by atoms with Gasteiger partial charge in [0.05, 0.1) is 11.4 Å². The lowest BCUT2D eigenvalue weighted by Gasteiger charge is -2.00. The largest absolute Gasteiger partial charge is 0.306 e. The van der Waals surface area contributed by atoms with E-state index in [4.69, 9.17) is 0 Å². The summed E-state index contributed by atoms with van der Waals surface area (Å²) < 4.78 is 0. The molecule has 1 aliphatic rings. The van der Waals surface area contributed by atoms with Gasteiger partial charge in [0.15, 0.2) is 0 Å². The van der Waals surface area contributed by atoms with Gasteiger partial charge in [0.25, 0.3) is 0 Å². The Morgan fingerprint density at radius 1 is 0.615 bits per heavy atom. The van der Waals surface area contributed by atoms with Crippen LogP contribution in [0.3, 0.4) is 0 Å². The summed E-state index contributed by atoms with van der Waals surface area (Å²) in [6.07, 6.45) is 0. The maximum atomic E-state index is 2.25. The fourth-order valence-electron chi connectivity index (χ4n) is 1.66. The first kappa shape index (κ1) is 6.72. The highest BCUT2D eigenvalue weighted by atomic mass is 15.3. The second-order valence-electron chi connectivity index (χ2n) is 3.16. The molecule has 0 fully saturated rings. The summed E-state index contributed by atoms with van der Waals surface area (Å²) in [5.41, 5.74) is 3.91. The molecule has 0 saturated carbocycles. The molecule has 1 heterocycles. The lowest BCUT2D eigenvalue weighted by molar-refractivity contribution is 1.49. The van der Waals surface area contributed by atoms with Crippen LogP contribution in [-0.4, -0.2) is 0 Å². The van der Waals surface area contributed by atoms with Crippen LogP contribution in [0.25, 0.3) is 0 Å². The minimum absolute atomic E-state index is 1.25. The van der Waals surface area contributed by atoms with Gasteiger partial charge in [-0.05, 0) is 24.3 Å². The molecule has 0 aromatic heterocycles. The Morgan fingerprint density at radius 3 is 1.77 bits per heavy atom. The molecule has 0 unspecified atom stereocenters. The van der Waals surface area contributed by atoms with Crippen molar-refractivity contribution in [3.05, 3.63) is 54.6 Å². The molecule has 0 bridgehead atoms. The van der Waals surface area contributed by atoms with Gasteiger partial charge in [0.1, 0.15) is 0 Å². The van der Waals surface area contributed by atoms with Crippen LogP contribution >= 0.6 is 0 Å². The van der Waals surface area contributed by atoms with E-state index in [9.17, 15) is 0 Å². The molecular formula is C12H9N. The van der Waals surface area contributed by atoms with Gasteiger partial charge in [0.2, 0.25) is 0 Å². The molecule has 0 radical (unpaired) electrons. The molecule has 2 aromatic carbocycles. The van der Waals surface area contributed by atoms with E-state index in [0.29, 0.717) is 0 Å². The highest BCUT2D eigenvalue weighted by molar-refractivity contribution is 6.00. The highest BCUT2D eigenvalue weighted by Gasteiger charge is 2.28. The predicted molar refractivity (Wildman–Crippen MR) is 54.7 cm³/mol. The van der Waals surface area contributed by atoms with E-state index in [1.807, 2.05) is 6.07 Å². The molecule has 2 aromatic rings. The van der Waals surface area contributed by atoms with Crippen LogP contribution in [0.15, 0.2) is 54.6 Å². The average molecular weight is 167 g/mol. The van der Waals surface area contributed by atoms with E-state index in [2.05, 4.69) is 53.4 Å². The Balaban J connectivity index is 2.02. The monoisotopic (exact) mass is 167 g/mol. The van der Waals surface area contributed by atoms with Gasteiger partial charge in [-0.25, -0.2) is 0 Å². The van der Waals surface area contributed by atoms with E-state index in [-0.39, 0.29) is 0 Å². The summed E-state index contributed by atoms with van der Waals surface area (Å²) in [6.45, 7) is 0. The van der Waals surface area contributed by atoms with Gasteiger partial charge in [-0.1, -0.05) is 30.3 Å². The zero-order valence-corrected chi connectivity index (χ0v) is 7.14. The van der Waals surface area contributed by atoms with Crippen molar-refractivity contribution in [1.82, 2.24) is 0 Å². The third-order valence-corrected chi connectivity index (χ3v) is 2.33. The fraction of sp³-hybridized carbons (Fsp3) is 0. The minimum atomic E-state index is 1.25. The SMILES string of the molecule is c1ccc(N2c3ccccc32)cc1. The van der Waals surface area contributed by atoms with Crippen molar-refractivity contribution in [3.63, 3.8) is 0 Å². The number of hydrogen-bond acceptors (Lipinski definition) is 1. The predicted octanol–water partition coefficient (Wildman–Crippen LogP) is 3.47. The first-order valence-electron chi connectivity index (χ1n) is 4.41. The molecule has 0 atom stereocenters. The Morgan fingerprint density at radius 2 is 1.15 bits per heavy atom. The molecule has 62 valence electrons. The highest BCUT2D eigenvalue weighted by Crippen LogP contribution is 2.52. The van der Waals surface area contributed by atoms with Gasteiger partial charge in [0, 0.05) is 5.69 Å². The molecule has 3 rings (SSSR count). The van der Waals surface area contributed by atoms with Crippen molar-refractivity contribution < 1.29 is 0 Å². The maximum Gasteiger partial charge on any atom is 0.0703 e. The van der Waals surface area contributed by atoms with Crippen LogP contribution in [0, 0.1) is 0 Å². The van der Waals surface area contributed by atoms with E-state index in [1.165, 1.54) is 17.1 Å². The molecule has 1 aliphatic heterocycles. The zero-order valence-electron chi connectivity index (χ0n) is 7.14. The van der Waals surface area contributed by atoms with Gasteiger partial charge < -0.3 is 4.90 Å². The minimum Gasteiger partial charge on any atom is -0.306 e. The first-order chi connectivity index (χ1) is 6.47. The number of hydrogen-bond donors (Lipinski definition) is 0. The van der Waals surface area contributed by atoms with E-state index >= 15 is 0 Å². The van der Waals surface area contributed by atoms with Crippen LogP contribution < -0.4 is 4.90 Å². The smallest absolute Gasteiger partial charge is 0.0703 e. The Labute approximate surface area is 77.2 Å². The number of rotatable bonds is 1. The molecule has 0 saturated heterocycles. The summed E-state index contributed by atoms with van der Waals surface area (Å²) in [4.78, 5) is 2.25. The number of anilines is 3. The van der Waals surface area contributed by atoms with Crippen LogP contribution in [-0.2, 0) is 0 Å². The second-order valence-corrected chi connectivity index (χ2v) is 3.16. The van der Waals surface area contributed by atoms with Crippen molar-refractivity contribution in [3.8, 4) is 0 Å². The van der Waals surface area contributed by atoms with Crippen molar-refractivity contribution in [2.24, 2.45) is 0 Å². The quantitative estimate of drug-likeness (QED) is 0.501. The topological polar surface area (TPSA) is 3.01 Å². The number of benzene rings is 2. The molecule has 1 heteroatoms. The Hall–Kier alpha value is -1.76. The second kappa shape index (κ2) is 2.36. The van der Waals surface area contributed by atoms with E-state index < -0.39 is 0 Å². The summed E-state index contributed by atoms with van der Waals surface area (Å²) in [5, 5.41) is 0. The molecule has 0 aliphatic carbocycles. The lowest BCUT2D eigenvalue weighted by atomic mass is 10.3. The molecule has 0 N–H and O–H groups in total. The number of nitrogens with zero attached hydrogens (tertiary/aromatic N) is 1. The van der Waals surface area contributed by atoms with Gasteiger partial charge in [-0.3, -0.25) is 0 Å². The first-order valence-corrected chi connectivity index (χ1v) is 4.41. The molecule has 0 spiro atoms. The van der Waals surface area contributed by atoms with E-state index in [0.717, 1.165) is 0 Å². The third-order valence-electron chi connectivity index (χ3n) is 2.33. The Bertz CT molecular complexity index is 411. The van der Waals surface area contributed by atoms with Crippen LogP contribution in [0.1, 0.15) is 0 Å². The molecule has 13 heavy (non-hydrogen) atoms. The van der Waals surface area contributed by atoms with Crippen molar-refractivity contribution in [1.29, 1.82) is 0 Å². The van der Waals surface area contributed by atoms with Crippen molar-refractivity contribution in [2.75, 3.05) is 4.90 Å². The third kappa shape index (κ3) is 0.937. The van der Waals surface area contributed by atoms with Crippen LogP contribution in [0.5, 0.6) is 0 Å². The zero-order chi connectivity index (χ0) is 8.67. The fourth-order valence-corrected chi connectivity index (χ4v) is 1.66. The van der Waals surface area contributed by atoms with Gasteiger partial charge in [-0.15, -0.1) is 0 Å². The molecular weight excluding hydrogens is 158 g/mol. The van der Waals surface area contributed by atoms with Gasteiger partial charge >= 0.3 is 0 Å². The number of fused-ring (bicyclic) bond motifs is 1. The summed E-state index contributed by atoms with van der Waals surface area (Å²) in [5.74, 6) is 0. The maximum absolute atomic E-state index is 2.25. The summed E-state index contributed by atoms with van der Waals surface area (Å²) in [7, 11) is 0. The molecule has 0 amide bonds. The summed E-state index contributed by atoms with van der Waals surface area (Å²) >= 11 is 0. The Kier molecular flexibility index (Phi) is 1.22. The van der Waals surface area contributed by atoms with Crippen LogP contribution in [0.2, 0.25) is 0 Å². The van der Waals surface area contributed by atoms with E-state index in [1.54, 1.807) is 0 Å². The number of para-hydroxylation sites is 3. The standard InChI is InChI=1S/C12H9N/c1-2-6-10(7-3-1)13-11-8-4-5-9-12(11)13/h1-9H. The lowest BCUT2D eigenvalue weighted by Crippen LogP contribution is -1.86. The molecule has 1 nitrogen and oxygen atoms in total. The van der Waals surface area contributed by atoms with Crippen molar-refractivity contribution in [2.45, 2.75) is 0 Å². The average Bonchev–Trinajstić information content (AvgIpc) is 2.93. The summed E-state index contributed by atoms with van der Waals surface area (Å²) in [6, 6.07) is 18.8. The van der Waals surface area contributed by atoms with Crippen LogP contribution in [0.4, 0.5) is 17.1 Å². The van der Waals surface area contributed by atoms with Gasteiger partial charge in [-0.2, -0.15) is 0 Å².